The Balaban J connectivity index is 2.31. The largest absolute Gasteiger partial charge is 0.366 e. The molecule has 0 spiro atoms. The fraction of sp³-hybridized carbons (Fsp3) is 0.417. The Bertz CT molecular complexity index is 516. The molecule has 1 aromatic carbocycles. The van der Waals surface area contributed by atoms with Crippen molar-refractivity contribution in [3.8, 4) is 0 Å². The summed E-state index contributed by atoms with van der Waals surface area (Å²) in [5.74, 6) is -0.814. The van der Waals surface area contributed by atoms with Gasteiger partial charge in [0.25, 0.3) is 5.69 Å². The summed E-state index contributed by atoms with van der Waals surface area (Å²) in [5, 5.41) is 10.8. The zero-order valence-electron chi connectivity index (χ0n) is 10.0. The molecule has 0 atom stereocenters. The summed E-state index contributed by atoms with van der Waals surface area (Å²) in [5.41, 5.74) is 0.00667. The molecule has 0 unspecified atom stereocenters. The molecule has 19 heavy (non-hydrogen) atoms. The summed E-state index contributed by atoms with van der Waals surface area (Å²) in [6.45, 7) is 1.04. The number of halogens is 2. The van der Waals surface area contributed by atoms with Gasteiger partial charge in [-0.05, 0) is 18.9 Å². The van der Waals surface area contributed by atoms with Crippen LogP contribution in [-0.4, -0.2) is 24.3 Å². The van der Waals surface area contributed by atoms with E-state index in [1.807, 2.05) is 0 Å². The van der Waals surface area contributed by atoms with Crippen LogP contribution >= 0.6 is 11.6 Å². The standard InChI is InChI=1S/C12H12ClFN2O3/c13-9-5-11(12(16(18)19)6-10(9)14)15-3-1-8(7-17)2-4-15/h5-8H,1-4H2. The second-order valence-corrected chi connectivity index (χ2v) is 4.88. The van der Waals surface area contributed by atoms with Gasteiger partial charge >= 0.3 is 0 Å². The first-order valence-corrected chi connectivity index (χ1v) is 6.24. The van der Waals surface area contributed by atoms with E-state index < -0.39 is 10.7 Å². The Hall–Kier alpha value is -1.69. The molecule has 0 radical (unpaired) electrons. The van der Waals surface area contributed by atoms with E-state index in [1.54, 1.807) is 4.90 Å². The minimum Gasteiger partial charge on any atom is -0.366 e. The molecule has 0 aromatic heterocycles. The first kappa shape index (κ1) is 13.7. The van der Waals surface area contributed by atoms with Crippen LogP contribution < -0.4 is 4.90 Å². The van der Waals surface area contributed by atoms with E-state index in [9.17, 15) is 19.3 Å². The molecule has 1 heterocycles. The molecule has 7 heteroatoms. The summed E-state index contributed by atoms with van der Waals surface area (Å²) < 4.78 is 13.3. The quantitative estimate of drug-likeness (QED) is 0.487. The Morgan fingerprint density at radius 1 is 1.42 bits per heavy atom. The number of hydrogen-bond donors (Lipinski definition) is 0. The summed E-state index contributed by atoms with van der Waals surface area (Å²) in [6, 6.07) is 2.11. The zero-order valence-corrected chi connectivity index (χ0v) is 10.8. The molecule has 1 fully saturated rings. The normalized spacial score (nSPS) is 16.4. The van der Waals surface area contributed by atoms with E-state index >= 15 is 0 Å². The molecule has 102 valence electrons. The van der Waals surface area contributed by atoms with Gasteiger partial charge in [-0.3, -0.25) is 10.1 Å². The summed E-state index contributed by atoms with van der Waals surface area (Å²) in [7, 11) is 0. The molecule has 1 aromatic rings. The maximum Gasteiger partial charge on any atom is 0.295 e. The lowest BCUT2D eigenvalue weighted by molar-refractivity contribution is -0.384. The number of carbonyl (C=O) groups excluding carboxylic acids is 1. The molecule has 2 rings (SSSR count). The molecular formula is C12H12ClFN2O3. The van der Waals surface area contributed by atoms with Crippen LogP contribution in [-0.2, 0) is 4.79 Å². The topological polar surface area (TPSA) is 63.5 Å². The van der Waals surface area contributed by atoms with Crippen molar-refractivity contribution in [1.82, 2.24) is 0 Å². The third-order valence-corrected chi connectivity index (χ3v) is 3.58. The molecule has 0 amide bonds. The number of benzene rings is 1. The van der Waals surface area contributed by atoms with Gasteiger partial charge < -0.3 is 9.69 Å². The molecule has 1 saturated heterocycles. The van der Waals surface area contributed by atoms with Crippen molar-refractivity contribution in [3.05, 3.63) is 33.1 Å². The lowest BCUT2D eigenvalue weighted by Crippen LogP contribution is -2.34. The van der Waals surface area contributed by atoms with Gasteiger partial charge in [-0.1, -0.05) is 11.6 Å². The van der Waals surface area contributed by atoms with Crippen molar-refractivity contribution in [1.29, 1.82) is 0 Å². The Kier molecular flexibility index (Phi) is 3.99. The second kappa shape index (κ2) is 5.52. The highest BCUT2D eigenvalue weighted by Gasteiger charge is 2.26. The predicted molar refractivity (Wildman–Crippen MR) is 69.1 cm³/mol. The van der Waals surface area contributed by atoms with E-state index in [1.165, 1.54) is 6.07 Å². The molecule has 0 bridgehead atoms. The molecule has 5 nitrogen and oxygen atoms in total. The van der Waals surface area contributed by atoms with E-state index in [4.69, 9.17) is 11.6 Å². The van der Waals surface area contributed by atoms with E-state index in [2.05, 4.69) is 0 Å². The SMILES string of the molecule is O=CC1CCN(c2cc(Cl)c(F)cc2[N+](=O)[O-])CC1. The number of anilines is 1. The van der Waals surface area contributed by atoms with E-state index in [0.29, 0.717) is 31.6 Å². The average Bonchev–Trinajstić information content (AvgIpc) is 2.41. The monoisotopic (exact) mass is 286 g/mol. The van der Waals surface area contributed by atoms with Crippen LogP contribution in [0.5, 0.6) is 0 Å². The van der Waals surface area contributed by atoms with Crippen molar-refractivity contribution in [2.75, 3.05) is 18.0 Å². The molecule has 0 N–H and O–H groups in total. The van der Waals surface area contributed by atoms with Crippen molar-refractivity contribution in [2.45, 2.75) is 12.8 Å². The Labute approximate surface area is 114 Å². The van der Waals surface area contributed by atoms with Gasteiger partial charge in [0.2, 0.25) is 0 Å². The van der Waals surface area contributed by atoms with Gasteiger partial charge in [0.1, 0.15) is 17.8 Å². The van der Waals surface area contributed by atoms with Crippen molar-refractivity contribution < 1.29 is 14.1 Å². The number of aldehydes is 1. The van der Waals surface area contributed by atoms with Crippen molar-refractivity contribution >= 4 is 29.3 Å². The van der Waals surface area contributed by atoms with Crippen LogP contribution in [0.1, 0.15) is 12.8 Å². The Morgan fingerprint density at radius 2 is 2.05 bits per heavy atom. The summed E-state index contributed by atoms with van der Waals surface area (Å²) in [4.78, 5) is 22.8. The second-order valence-electron chi connectivity index (χ2n) is 4.47. The lowest BCUT2D eigenvalue weighted by Gasteiger charge is -2.31. The highest BCUT2D eigenvalue weighted by atomic mass is 35.5. The summed E-state index contributed by atoms with van der Waals surface area (Å²) >= 11 is 5.69. The average molecular weight is 287 g/mol. The van der Waals surface area contributed by atoms with Gasteiger partial charge in [0.15, 0.2) is 0 Å². The predicted octanol–water partition coefficient (Wildman–Crippen LogP) is 2.80. The Morgan fingerprint density at radius 3 is 2.58 bits per heavy atom. The van der Waals surface area contributed by atoms with Gasteiger partial charge in [0, 0.05) is 19.0 Å². The van der Waals surface area contributed by atoms with Gasteiger partial charge in [-0.15, -0.1) is 0 Å². The van der Waals surface area contributed by atoms with E-state index in [0.717, 1.165) is 12.4 Å². The maximum atomic E-state index is 13.3. The molecule has 0 saturated carbocycles. The zero-order chi connectivity index (χ0) is 14.0. The highest BCUT2D eigenvalue weighted by Crippen LogP contribution is 2.35. The van der Waals surface area contributed by atoms with Gasteiger partial charge in [-0.2, -0.15) is 0 Å². The first-order chi connectivity index (χ1) is 9.02. The van der Waals surface area contributed by atoms with Gasteiger partial charge in [0.05, 0.1) is 16.0 Å². The number of nitro groups is 1. The molecule has 1 aliphatic rings. The van der Waals surface area contributed by atoms with Crippen LogP contribution in [0.4, 0.5) is 15.8 Å². The van der Waals surface area contributed by atoms with Gasteiger partial charge in [-0.25, -0.2) is 4.39 Å². The van der Waals surface area contributed by atoms with Crippen LogP contribution in [0.3, 0.4) is 0 Å². The molecular weight excluding hydrogens is 275 g/mol. The number of nitro benzene ring substituents is 1. The summed E-state index contributed by atoms with van der Waals surface area (Å²) in [6.07, 6.45) is 2.18. The minimum atomic E-state index is -0.806. The smallest absolute Gasteiger partial charge is 0.295 e. The van der Waals surface area contributed by atoms with Crippen LogP contribution in [0, 0.1) is 21.8 Å². The number of nitrogens with zero attached hydrogens (tertiary/aromatic N) is 2. The maximum absolute atomic E-state index is 13.3. The third kappa shape index (κ3) is 2.84. The molecule has 1 aliphatic heterocycles. The third-order valence-electron chi connectivity index (χ3n) is 3.29. The highest BCUT2D eigenvalue weighted by molar-refractivity contribution is 6.31. The number of carbonyl (C=O) groups is 1. The number of piperidine rings is 1. The van der Waals surface area contributed by atoms with E-state index in [-0.39, 0.29) is 16.6 Å². The van der Waals surface area contributed by atoms with Crippen molar-refractivity contribution in [2.24, 2.45) is 5.92 Å². The fourth-order valence-corrected chi connectivity index (χ4v) is 2.36. The number of rotatable bonds is 3. The minimum absolute atomic E-state index is 0.00812. The van der Waals surface area contributed by atoms with Crippen molar-refractivity contribution in [3.63, 3.8) is 0 Å². The number of hydrogen-bond acceptors (Lipinski definition) is 4. The molecule has 0 aliphatic carbocycles. The lowest BCUT2D eigenvalue weighted by atomic mass is 9.98. The van der Waals surface area contributed by atoms with Crippen LogP contribution in [0.15, 0.2) is 12.1 Å². The fourth-order valence-electron chi connectivity index (χ4n) is 2.20. The van der Waals surface area contributed by atoms with Crippen LogP contribution in [0.25, 0.3) is 0 Å². The first-order valence-electron chi connectivity index (χ1n) is 5.86. The van der Waals surface area contributed by atoms with Crippen LogP contribution in [0.2, 0.25) is 5.02 Å².